The van der Waals surface area contributed by atoms with E-state index < -0.39 is 11.6 Å². The van der Waals surface area contributed by atoms with Crippen molar-refractivity contribution in [3.63, 3.8) is 0 Å². The molecule has 2 aromatic heterocycles. The SMILES string of the molecule is O=C(CCc1ncc(-c2c(F)cccc2F)o1)NCc1ccc(N2CCCC2)nc1. The highest BCUT2D eigenvalue weighted by Gasteiger charge is 2.16. The fourth-order valence-electron chi connectivity index (χ4n) is 3.44. The van der Waals surface area contributed by atoms with Crippen LogP contribution in [0.25, 0.3) is 11.3 Å². The van der Waals surface area contributed by atoms with Gasteiger partial charge >= 0.3 is 0 Å². The van der Waals surface area contributed by atoms with Crippen molar-refractivity contribution in [3.8, 4) is 11.3 Å². The van der Waals surface area contributed by atoms with Crippen LogP contribution in [0.4, 0.5) is 14.6 Å². The number of oxazole rings is 1. The van der Waals surface area contributed by atoms with E-state index in [1.165, 1.54) is 25.1 Å². The predicted molar refractivity (Wildman–Crippen MR) is 108 cm³/mol. The highest BCUT2D eigenvalue weighted by atomic mass is 19.1. The molecule has 1 N–H and O–H groups in total. The van der Waals surface area contributed by atoms with Gasteiger partial charge in [-0.3, -0.25) is 4.79 Å². The first-order chi connectivity index (χ1) is 14.6. The molecule has 1 aromatic carbocycles. The Labute approximate surface area is 172 Å². The molecule has 0 aliphatic carbocycles. The highest BCUT2D eigenvalue weighted by molar-refractivity contribution is 5.76. The number of nitrogens with zero attached hydrogens (tertiary/aromatic N) is 3. The minimum Gasteiger partial charge on any atom is -0.441 e. The number of hydrogen-bond acceptors (Lipinski definition) is 5. The lowest BCUT2D eigenvalue weighted by atomic mass is 10.1. The molecule has 1 amide bonds. The molecule has 3 heterocycles. The van der Waals surface area contributed by atoms with Crippen LogP contribution in [0.15, 0.2) is 47.1 Å². The largest absolute Gasteiger partial charge is 0.441 e. The van der Waals surface area contributed by atoms with Gasteiger partial charge in [-0.1, -0.05) is 12.1 Å². The van der Waals surface area contributed by atoms with E-state index in [2.05, 4.69) is 20.2 Å². The van der Waals surface area contributed by atoms with Crippen LogP contribution in [-0.4, -0.2) is 29.0 Å². The Morgan fingerprint density at radius 1 is 1.07 bits per heavy atom. The number of aromatic nitrogens is 2. The summed E-state index contributed by atoms with van der Waals surface area (Å²) in [5, 5.41) is 2.83. The zero-order valence-electron chi connectivity index (χ0n) is 16.4. The van der Waals surface area contributed by atoms with Crippen LogP contribution >= 0.6 is 0 Å². The van der Waals surface area contributed by atoms with Crippen LogP contribution < -0.4 is 10.2 Å². The number of halogens is 2. The van der Waals surface area contributed by atoms with Gasteiger partial charge in [0, 0.05) is 38.7 Å². The van der Waals surface area contributed by atoms with Crippen molar-refractivity contribution in [2.75, 3.05) is 18.0 Å². The summed E-state index contributed by atoms with van der Waals surface area (Å²) in [7, 11) is 0. The van der Waals surface area contributed by atoms with E-state index in [4.69, 9.17) is 4.42 Å². The molecule has 0 bridgehead atoms. The van der Waals surface area contributed by atoms with Crippen LogP contribution in [0.5, 0.6) is 0 Å². The number of amides is 1. The molecule has 1 saturated heterocycles. The fourth-order valence-corrected chi connectivity index (χ4v) is 3.44. The van der Waals surface area contributed by atoms with E-state index in [0.29, 0.717) is 6.54 Å². The summed E-state index contributed by atoms with van der Waals surface area (Å²) in [6.45, 7) is 2.45. The number of carbonyl (C=O) groups is 1. The summed E-state index contributed by atoms with van der Waals surface area (Å²) in [6, 6.07) is 7.53. The minimum absolute atomic E-state index is 0.00479. The zero-order valence-corrected chi connectivity index (χ0v) is 16.4. The van der Waals surface area contributed by atoms with E-state index in [-0.39, 0.29) is 36.0 Å². The lowest BCUT2D eigenvalue weighted by molar-refractivity contribution is -0.121. The predicted octanol–water partition coefficient (Wildman–Crippen LogP) is 3.86. The first-order valence-corrected chi connectivity index (χ1v) is 9.96. The summed E-state index contributed by atoms with van der Waals surface area (Å²) >= 11 is 0. The van der Waals surface area contributed by atoms with Gasteiger partial charge in [0.25, 0.3) is 0 Å². The van der Waals surface area contributed by atoms with Gasteiger partial charge in [0.15, 0.2) is 11.7 Å². The van der Waals surface area contributed by atoms with E-state index in [1.807, 2.05) is 12.1 Å². The van der Waals surface area contributed by atoms with Gasteiger partial charge in [0.05, 0.1) is 11.8 Å². The number of anilines is 1. The normalized spacial score (nSPS) is 13.6. The van der Waals surface area contributed by atoms with Gasteiger partial charge < -0.3 is 14.6 Å². The van der Waals surface area contributed by atoms with E-state index in [1.54, 1.807) is 6.20 Å². The lowest BCUT2D eigenvalue weighted by Crippen LogP contribution is -2.23. The number of benzene rings is 1. The van der Waals surface area contributed by atoms with Crippen molar-refractivity contribution in [2.24, 2.45) is 0 Å². The van der Waals surface area contributed by atoms with E-state index in [0.717, 1.165) is 36.6 Å². The third kappa shape index (κ3) is 4.64. The van der Waals surface area contributed by atoms with E-state index in [9.17, 15) is 13.6 Å². The molecular weight excluding hydrogens is 390 g/mol. The van der Waals surface area contributed by atoms with Gasteiger partial charge in [0.1, 0.15) is 17.5 Å². The number of rotatable bonds is 7. The summed E-state index contributed by atoms with van der Waals surface area (Å²) in [4.78, 5) is 22.9. The number of hydrogen-bond donors (Lipinski definition) is 1. The Morgan fingerprint density at radius 2 is 1.83 bits per heavy atom. The van der Waals surface area contributed by atoms with Crippen LogP contribution in [0, 0.1) is 11.6 Å². The molecule has 6 nitrogen and oxygen atoms in total. The molecule has 1 fully saturated rings. The monoisotopic (exact) mass is 412 g/mol. The maximum absolute atomic E-state index is 13.8. The van der Waals surface area contributed by atoms with Crippen molar-refractivity contribution in [3.05, 3.63) is 65.8 Å². The van der Waals surface area contributed by atoms with Gasteiger partial charge in [0.2, 0.25) is 5.91 Å². The fraction of sp³-hybridized carbons (Fsp3) is 0.318. The molecule has 0 saturated carbocycles. The second-order valence-corrected chi connectivity index (χ2v) is 7.21. The van der Waals surface area contributed by atoms with Crippen molar-refractivity contribution < 1.29 is 18.0 Å². The maximum Gasteiger partial charge on any atom is 0.220 e. The van der Waals surface area contributed by atoms with Crippen molar-refractivity contribution >= 4 is 11.7 Å². The molecule has 0 radical (unpaired) electrons. The number of nitrogens with one attached hydrogen (secondary N) is 1. The second kappa shape index (κ2) is 9.02. The highest BCUT2D eigenvalue weighted by Crippen LogP contribution is 2.26. The Kier molecular flexibility index (Phi) is 6.02. The summed E-state index contributed by atoms with van der Waals surface area (Å²) < 4.78 is 33.1. The third-order valence-electron chi connectivity index (χ3n) is 5.06. The van der Waals surface area contributed by atoms with Gasteiger partial charge in [-0.15, -0.1) is 0 Å². The van der Waals surface area contributed by atoms with Crippen LogP contribution in [-0.2, 0) is 17.8 Å². The number of aryl methyl sites for hydroxylation is 1. The van der Waals surface area contributed by atoms with Gasteiger partial charge in [-0.2, -0.15) is 0 Å². The van der Waals surface area contributed by atoms with Crippen molar-refractivity contribution in [1.29, 1.82) is 0 Å². The molecule has 0 atom stereocenters. The number of pyridine rings is 1. The quantitative estimate of drug-likeness (QED) is 0.638. The first kappa shape index (κ1) is 20.0. The van der Waals surface area contributed by atoms with Crippen LogP contribution in [0.2, 0.25) is 0 Å². The summed E-state index contributed by atoms with van der Waals surface area (Å²) in [5.74, 6) is -0.395. The van der Waals surface area contributed by atoms with Gasteiger partial charge in [-0.05, 0) is 36.6 Å². The van der Waals surface area contributed by atoms with Crippen LogP contribution in [0.3, 0.4) is 0 Å². The molecule has 0 unspecified atom stereocenters. The Bertz CT molecular complexity index is 994. The average molecular weight is 412 g/mol. The van der Waals surface area contributed by atoms with Crippen molar-refractivity contribution in [1.82, 2.24) is 15.3 Å². The molecule has 0 spiro atoms. The molecule has 8 heteroatoms. The molecule has 30 heavy (non-hydrogen) atoms. The Morgan fingerprint density at radius 3 is 2.53 bits per heavy atom. The molecule has 4 rings (SSSR count). The maximum atomic E-state index is 13.8. The topological polar surface area (TPSA) is 71.3 Å². The summed E-state index contributed by atoms with van der Waals surface area (Å²) in [5.41, 5.74) is 0.658. The lowest BCUT2D eigenvalue weighted by Gasteiger charge is -2.16. The molecule has 1 aliphatic heterocycles. The minimum atomic E-state index is -0.722. The standard InChI is InChI=1S/C22H22F2N4O2/c23-16-4-3-5-17(24)22(16)18-14-27-21(30-18)9-8-20(29)26-13-15-6-7-19(25-12-15)28-10-1-2-11-28/h3-7,12,14H,1-2,8-11,13H2,(H,26,29). The first-order valence-electron chi connectivity index (χ1n) is 9.96. The Balaban J connectivity index is 1.27. The molecular formula is C22H22F2N4O2. The number of carbonyl (C=O) groups excluding carboxylic acids is 1. The summed E-state index contributed by atoms with van der Waals surface area (Å²) in [6.07, 6.45) is 5.81. The van der Waals surface area contributed by atoms with E-state index >= 15 is 0 Å². The van der Waals surface area contributed by atoms with Crippen molar-refractivity contribution in [2.45, 2.75) is 32.2 Å². The molecule has 156 valence electrons. The second-order valence-electron chi connectivity index (χ2n) is 7.21. The Hall–Kier alpha value is -3.29. The zero-order chi connectivity index (χ0) is 20.9. The third-order valence-corrected chi connectivity index (χ3v) is 5.06. The molecule has 3 aromatic rings. The van der Waals surface area contributed by atoms with Crippen LogP contribution in [0.1, 0.15) is 30.7 Å². The van der Waals surface area contributed by atoms with Gasteiger partial charge in [-0.25, -0.2) is 18.7 Å². The average Bonchev–Trinajstić information content (AvgIpc) is 3.44. The smallest absolute Gasteiger partial charge is 0.220 e. The molecule has 1 aliphatic rings.